The number of ether oxygens (including phenoxy) is 1. The van der Waals surface area contributed by atoms with Crippen molar-refractivity contribution >= 4 is 17.7 Å². The highest BCUT2D eigenvalue weighted by atomic mass is 32.2. The minimum atomic E-state index is -0.103. The lowest BCUT2D eigenvalue weighted by atomic mass is 10.2. The molecule has 1 aromatic carbocycles. The number of carbonyl (C=O) groups excluding carboxylic acids is 1. The molecule has 0 bridgehead atoms. The van der Waals surface area contributed by atoms with Crippen molar-refractivity contribution in [1.82, 2.24) is 4.90 Å². The second kappa shape index (κ2) is 10.7. The topological polar surface area (TPSA) is 29.5 Å². The smallest absolute Gasteiger partial charge is 0.309 e. The lowest BCUT2D eigenvalue weighted by Gasteiger charge is -2.18. The Morgan fingerprint density at radius 2 is 1.90 bits per heavy atom. The van der Waals surface area contributed by atoms with Gasteiger partial charge in [0.1, 0.15) is 6.61 Å². The molecule has 0 radical (unpaired) electrons. The number of nitrogens with zero attached hydrogens (tertiary/aromatic N) is 1. The van der Waals surface area contributed by atoms with E-state index in [4.69, 9.17) is 4.74 Å². The van der Waals surface area contributed by atoms with E-state index in [-0.39, 0.29) is 11.9 Å². The summed E-state index contributed by atoms with van der Waals surface area (Å²) >= 11 is 1.83. The molecule has 0 fully saturated rings. The molecule has 1 unspecified atom stereocenters. The van der Waals surface area contributed by atoms with E-state index in [0.29, 0.717) is 6.61 Å². The quantitative estimate of drug-likeness (QED) is 0.489. The molecule has 0 aliphatic rings. The van der Waals surface area contributed by atoms with Crippen LogP contribution in [0, 0.1) is 5.92 Å². The van der Waals surface area contributed by atoms with Crippen LogP contribution in [0.1, 0.15) is 26.3 Å². The van der Waals surface area contributed by atoms with Crippen LogP contribution in [0.2, 0.25) is 0 Å². The molecule has 0 aromatic heterocycles. The maximum Gasteiger partial charge on any atom is 0.309 e. The van der Waals surface area contributed by atoms with Gasteiger partial charge in [0.05, 0.1) is 5.92 Å². The molecule has 1 aromatic rings. The Kier molecular flexibility index (Phi) is 9.19. The molecule has 0 spiro atoms. The Morgan fingerprint density at radius 3 is 2.52 bits per heavy atom. The van der Waals surface area contributed by atoms with Crippen LogP contribution in [0.4, 0.5) is 0 Å². The first-order chi connectivity index (χ1) is 10.2. The van der Waals surface area contributed by atoms with Crippen LogP contribution in [-0.4, -0.2) is 42.0 Å². The second-order valence-corrected chi connectivity index (χ2v) is 6.25. The minimum Gasteiger partial charge on any atom is -0.461 e. The van der Waals surface area contributed by atoms with E-state index in [1.807, 2.05) is 49.0 Å². The molecule has 0 heterocycles. The standard InChI is InChI=1S/C17H27NO2S/c1-4-18(5-2)11-12-21-14-15(3)17(19)20-13-16-9-7-6-8-10-16/h6-10,15H,4-5,11-14H2,1-3H3. The molecule has 0 amide bonds. The summed E-state index contributed by atoms with van der Waals surface area (Å²) in [6.07, 6.45) is 0. The summed E-state index contributed by atoms with van der Waals surface area (Å²) < 4.78 is 5.35. The van der Waals surface area contributed by atoms with Gasteiger partial charge in [0.2, 0.25) is 0 Å². The van der Waals surface area contributed by atoms with Gasteiger partial charge in [-0.15, -0.1) is 0 Å². The monoisotopic (exact) mass is 309 g/mol. The van der Waals surface area contributed by atoms with E-state index in [1.54, 1.807) is 0 Å². The van der Waals surface area contributed by atoms with Crippen molar-refractivity contribution in [3.05, 3.63) is 35.9 Å². The van der Waals surface area contributed by atoms with E-state index in [2.05, 4.69) is 18.7 Å². The van der Waals surface area contributed by atoms with Crippen LogP contribution >= 0.6 is 11.8 Å². The maximum absolute atomic E-state index is 11.9. The first-order valence-corrected chi connectivity index (χ1v) is 8.83. The van der Waals surface area contributed by atoms with Crippen molar-refractivity contribution in [1.29, 1.82) is 0 Å². The molecule has 1 rings (SSSR count). The van der Waals surface area contributed by atoms with Gasteiger partial charge in [0.25, 0.3) is 0 Å². The van der Waals surface area contributed by atoms with Crippen LogP contribution in [-0.2, 0) is 16.1 Å². The minimum absolute atomic E-state index is 0.0459. The molecule has 0 saturated carbocycles. The molecular weight excluding hydrogens is 282 g/mol. The molecule has 118 valence electrons. The number of rotatable bonds is 10. The van der Waals surface area contributed by atoms with Gasteiger partial charge in [0, 0.05) is 18.1 Å². The molecule has 21 heavy (non-hydrogen) atoms. The number of hydrogen-bond acceptors (Lipinski definition) is 4. The third kappa shape index (κ3) is 7.53. The van der Waals surface area contributed by atoms with Crippen molar-refractivity contribution in [2.45, 2.75) is 27.4 Å². The number of carbonyl (C=O) groups is 1. The van der Waals surface area contributed by atoms with E-state index in [0.717, 1.165) is 36.7 Å². The van der Waals surface area contributed by atoms with Gasteiger partial charge >= 0.3 is 5.97 Å². The lowest BCUT2D eigenvalue weighted by Crippen LogP contribution is -2.26. The van der Waals surface area contributed by atoms with Crippen LogP contribution in [0.3, 0.4) is 0 Å². The van der Waals surface area contributed by atoms with Gasteiger partial charge in [-0.2, -0.15) is 11.8 Å². The summed E-state index contributed by atoms with van der Waals surface area (Å²) in [5.74, 6) is 1.75. The van der Waals surface area contributed by atoms with Crippen LogP contribution in [0.25, 0.3) is 0 Å². The van der Waals surface area contributed by atoms with E-state index < -0.39 is 0 Å². The van der Waals surface area contributed by atoms with Crippen LogP contribution in [0.5, 0.6) is 0 Å². The van der Waals surface area contributed by atoms with Crippen molar-refractivity contribution in [2.24, 2.45) is 5.92 Å². The average molecular weight is 309 g/mol. The Morgan fingerprint density at radius 1 is 1.24 bits per heavy atom. The zero-order valence-corrected chi connectivity index (χ0v) is 14.2. The molecule has 0 saturated heterocycles. The first-order valence-electron chi connectivity index (χ1n) is 7.68. The predicted molar refractivity (Wildman–Crippen MR) is 90.5 cm³/mol. The predicted octanol–water partition coefficient (Wildman–Crippen LogP) is 3.44. The number of hydrogen-bond donors (Lipinski definition) is 0. The zero-order chi connectivity index (χ0) is 15.5. The van der Waals surface area contributed by atoms with Gasteiger partial charge < -0.3 is 9.64 Å². The molecule has 1 atom stereocenters. The molecule has 4 heteroatoms. The highest BCUT2D eigenvalue weighted by molar-refractivity contribution is 7.99. The van der Waals surface area contributed by atoms with E-state index in [9.17, 15) is 4.79 Å². The van der Waals surface area contributed by atoms with Crippen molar-refractivity contribution in [3.63, 3.8) is 0 Å². The highest BCUT2D eigenvalue weighted by Crippen LogP contribution is 2.11. The fourth-order valence-electron chi connectivity index (χ4n) is 1.93. The molecule has 0 aliphatic heterocycles. The fourth-order valence-corrected chi connectivity index (χ4v) is 2.98. The summed E-state index contributed by atoms with van der Waals surface area (Å²) in [6.45, 7) is 9.93. The fraction of sp³-hybridized carbons (Fsp3) is 0.588. The Hall–Kier alpha value is -1.00. The summed E-state index contributed by atoms with van der Waals surface area (Å²) in [5, 5.41) is 0. The van der Waals surface area contributed by atoms with E-state index in [1.165, 1.54) is 0 Å². The van der Waals surface area contributed by atoms with Crippen molar-refractivity contribution < 1.29 is 9.53 Å². The van der Waals surface area contributed by atoms with Gasteiger partial charge in [-0.1, -0.05) is 51.1 Å². The van der Waals surface area contributed by atoms with Crippen molar-refractivity contribution in [2.75, 3.05) is 31.1 Å². The van der Waals surface area contributed by atoms with Crippen LogP contribution < -0.4 is 0 Å². The Balaban J connectivity index is 2.16. The number of benzene rings is 1. The normalized spacial score (nSPS) is 12.4. The first kappa shape index (κ1) is 18.1. The van der Waals surface area contributed by atoms with E-state index >= 15 is 0 Å². The summed E-state index contributed by atoms with van der Waals surface area (Å²) in [6, 6.07) is 9.80. The van der Waals surface area contributed by atoms with Crippen LogP contribution in [0.15, 0.2) is 30.3 Å². The maximum atomic E-state index is 11.9. The third-order valence-electron chi connectivity index (χ3n) is 3.44. The largest absolute Gasteiger partial charge is 0.461 e. The summed E-state index contributed by atoms with van der Waals surface area (Å²) in [4.78, 5) is 14.3. The Bertz CT molecular complexity index is 393. The van der Waals surface area contributed by atoms with Gasteiger partial charge in [-0.25, -0.2) is 0 Å². The summed E-state index contributed by atoms with van der Waals surface area (Å²) in [5.41, 5.74) is 1.03. The number of esters is 1. The Labute approximate surface area is 133 Å². The molecular formula is C17H27NO2S. The highest BCUT2D eigenvalue weighted by Gasteiger charge is 2.14. The van der Waals surface area contributed by atoms with Gasteiger partial charge in [-0.05, 0) is 18.7 Å². The second-order valence-electron chi connectivity index (χ2n) is 5.10. The third-order valence-corrected chi connectivity index (χ3v) is 4.65. The summed E-state index contributed by atoms with van der Waals surface area (Å²) in [7, 11) is 0. The van der Waals surface area contributed by atoms with Gasteiger partial charge in [-0.3, -0.25) is 4.79 Å². The molecule has 0 N–H and O–H groups in total. The zero-order valence-electron chi connectivity index (χ0n) is 13.4. The molecule has 3 nitrogen and oxygen atoms in total. The average Bonchev–Trinajstić information content (AvgIpc) is 2.53. The molecule has 0 aliphatic carbocycles. The SMILES string of the molecule is CCN(CC)CCSCC(C)C(=O)OCc1ccccc1. The lowest BCUT2D eigenvalue weighted by molar-refractivity contribution is -0.148. The van der Waals surface area contributed by atoms with Gasteiger partial charge in [0.15, 0.2) is 0 Å². The van der Waals surface area contributed by atoms with Crippen molar-refractivity contribution in [3.8, 4) is 0 Å². The number of thioether (sulfide) groups is 1.